The molecule has 0 spiro atoms. The molecule has 0 aliphatic heterocycles. The first-order valence-corrected chi connectivity index (χ1v) is 5.04. The number of aryl methyl sites for hydroxylation is 2. The van der Waals surface area contributed by atoms with Crippen LogP contribution in [0.25, 0.3) is 0 Å². The van der Waals surface area contributed by atoms with Gasteiger partial charge in [0, 0.05) is 11.6 Å². The van der Waals surface area contributed by atoms with Crippen molar-refractivity contribution < 1.29 is 9.90 Å². The summed E-state index contributed by atoms with van der Waals surface area (Å²) in [7, 11) is 0. The second kappa shape index (κ2) is 4.64. The van der Waals surface area contributed by atoms with E-state index in [0.717, 1.165) is 11.1 Å². The molecular weight excluding hydrogens is 214 g/mol. The largest absolute Gasteiger partial charge is 0.481 e. The Morgan fingerprint density at radius 1 is 1.53 bits per heavy atom. The molecule has 0 aliphatic rings. The minimum Gasteiger partial charge on any atom is -0.481 e. The van der Waals surface area contributed by atoms with Crippen LogP contribution < -0.4 is 5.73 Å². The molecule has 0 aromatic heterocycles. The Morgan fingerprint density at radius 2 is 2.13 bits per heavy atom. The average Bonchev–Trinajstić information content (AvgIpc) is 2.13. The third kappa shape index (κ3) is 2.49. The molecule has 0 bridgehead atoms. The van der Waals surface area contributed by atoms with Crippen LogP contribution in [0.3, 0.4) is 0 Å². The smallest absolute Gasteiger partial charge is 0.312 e. The fourth-order valence-corrected chi connectivity index (χ4v) is 1.84. The van der Waals surface area contributed by atoms with Gasteiger partial charge in [0.1, 0.15) is 0 Å². The molecule has 4 heteroatoms. The second-order valence-electron chi connectivity index (χ2n) is 3.61. The molecule has 0 heterocycles. The van der Waals surface area contributed by atoms with Gasteiger partial charge in [-0.2, -0.15) is 0 Å². The number of aliphatic carboxylic acids is 1. The molecule has 3 N–H and O–H groups in total. The lowest BCUT2D eigenvalue weighted by Gasteiger charge is -2.14. The lowest BCUT2D eigenvalue weighted by molar-refractivity contribution is -0.138. The van der Waals surface area contributed by atoms with Crippen LogP contribution in [-0.2, 0) is 4.79 Å². The Balaban J connectivity index is 3.28. The predicted molar refractivity (Wildman–Crippen MR) is 60.4 cm³/mol. The first-order chi connectivity index (χ1) is 6.97. The van der Waals surface area contributed by atoms with Gasteiger partial charge < -0.3 is 10.8 Å². The van der Waals surface area contributed by atoms with E-state index in [9.17, 15) is 4.79 Å². The van der Waals surface area contributed by atoms with E-state index in [-0.39, 0.29) is 6.54 Å². The van der Waals surface area contributed by atoms with Crippen LogP contribution in [0.1, 0.15) is 22.6 Å². The quantitative estimate of drug-likeness (QED) is 0.831. The van der Waals surface area contributed by atoms with Crippen molar-refractivity contribution in [2.75, 3.05) is 6.54 Å². The van der Waals surface area contributed by atoms with Crippen molar-refractivity contribution in [2.45, 2.75) is 19.8 Å². The van der Waals surface area contributed by atoms with Crippen molar-refractivity contribution in [3.8, 4) is 0 Å². The monoisotopic (exact) mass is 227 g/mol. The number of benzene rings is 1. The highest BCUT2D eigenvalue weighted by molar-refractivity contribution is 6.32. The zero-order chi connectivity index (χ0) is 11.6. The van der Waals surface area contributed by atoms with Crippen molar-refractivity contribution >= 4 is 17.6 Å². The standard InChI is InChI=1S/C11H14ClNO2/c1-6-3-7(2)10(12)8(4-6)9(5-13)11(14)15/h3-4,9H,5,13H2,1-2H3,(H,14,15). The molecule has 3 nitrogen and oxygen atoms in total. The number of hydrogen-bond donors (Lipinski definition) is 2. The molecule has 1 aromatic rings. The summed E-state index contributed by atoms with van der Waals surface area (Å²) in [5.74, 6) is -1.67. The molecule has 0 saturated heterocycles. The summed E-state index contributed by atoms with van der Waals surface area (Å²) < 4.78 is 0. The first kappa shape index (κ1) is 12.0. The van der Waals surface area contributed by atoms with E-state index in [1.54, 1.807) is 6.07 Å². The van der Waals surface area contributed by atoms with E-state index in [0.29, 0.717) is 10.6 Å². The molecule has 0 saturated carbocycles. The number of hydrogen-bond acceptors (Lipinski definition) is 2. The SMILES string of the molecule is Cc1cc(C)c(Cl)c(C(CN)C(=O)O)c1. The molecule has 0 radical (unpaired) electrons. The first-order valence-electron chi connectivity index (χ1n) is 4.67. The van der Waals surface area contributed by atoms with Crippen molar-refractivity contribution in [1.82, 2.24) is 0 Å². The summed E-state index contributed by atoms with van der Waals surface area (Å²) >= 11 is 6.06. The van der Waals surface area contributed by atoms with E-state index in [4.69, 9.17) is 22.4 Å². The maximum absolute atomic E-state index is 11.0. The third-order valence-corrected chi connectivity index (χ3v) is 2.85. The summed E-state index contributed by atoms with van der Waals surface area (Å²) in [6.07, 6.45) is 0. The zero-order valence-corrected chi connectivity index (χ0v) is 9.51. The Kier molecular flexibility index (Phi) is 3.72. The minimum atomic E-state index is -0.940. The van der Waals surface area contributed by atoms with Crippen LogP contribution in [0.15, 0.2) is 12.1 Å². The highest BCUT2D eigenvalue weighted by Crippen LogP contribution is 2.28. The Labute approximate surface area is 93.9 Å². The van der Waals surface area contributed by atoms with Crippen LogP contribution in [0.2, 0.25) is 5.02 Å². The normalized spacial score (nSPS) is 12.5. The summed E-state index contributed by atoms with van der Waals surface area (Å²) in [5, 5.41) is 9.49. The molecular formula is C11H14ClNO2. The molecule has 0 amide bonds. The predicted octanol–water partition coefficient (Wildman–Crippen LogP) is 2.08. The van der Waals surface area contributed by atoms with Gasteiger partial charge in [-0.1, -0.05) is 29.3 Å². The van der Waals surface area contributed by atoms with E-state index in [1.807, 2.05) is 19.9 Å². The average molecular weight is 228 g/mol. The van der Waals surface area contributed by atoms with Crippen molar-refractivity contribution in [3.63, 3.8) is 0 Å². The van der Waals surface area contributed by atoms with Crippen LogP contribution in [0, 0.1) is 13.8 Å². The Hall–Kier alpha value is -1.06. The fourth-order valence-electron chi connectivity index (χ4n) is 1.60. The number of rotatable bonds is 3. The van der Waals surface area contributed by atoms with E-state index in [1.165, 1.54) is 0 Å². The van der Waals surface area contributed by atoms with E-state index >= 15 is 0 Å². The molecule has 1 unspecified atom stereocenters. The van der Waals surface area contributed by atoms with Gasteiger partial charge in [-0.05, 0) is 25.0 Å². The van der Waals surface area contributed by atoms with Crippen LogP contribution in [-0.4, -0.2) is 17.6 Å². The molecule has 1 atom stereocenters. The number of carboxylic acids is 1. The maximum Gasteiger partial charge on any atom is 0.312 e. The second-order valence-corrected chi connectivity index (χ2v) is 3.99. The number of nitrogens with two attached hydrogens (primary N) is 1. The van der Waals surface area contributed by atoms with Crippen LogP contribution in [0.5, 0.6) is 0 Å². The Morgan fingerprint density at radius 3 is 2.60 bits per heavy atom. The molecule has 1 rings (SSSR count). The summed E-state index contributed by atoms with van der Waals surface area (Å²) in [6, 6.07) is 3.70. The molecule has 82 valence electrons. The van der Waals surface area contributed by atoms with Gasteiger partial charge in [0.25, 0.3) is 0 Å². The lowest BCUT2D eigenvalue weighted by Crippen LogP contribution is -2.21. The van der Waals surface area contributed by atoms with Gasteiger partial charge in [0.2, 0.25) is 0 Å². The van der Waals surface area contributed by atoms with Gasteiger partial charge in [-0.3, -0.25) is 4.79 Å². The molecule has 0 aliphatic carbocycles. The summed E-state index contributed by atoms with van der Waals surface area (Å²) in [5.41, 5.74) is 7.91. The fraction of sp³-hybridized carbons (Fsp3) is 0.364. The van der Waals surface area contributed by atoms with E-state index in [2.05, 4.69) is 0 Å². The lowest BCUT2D eigenvalue weighted by atomic mass is 9.95. The topological polar surface area (TPSA) is 63.3 Å². The zero-order valence-electron chi connectivity index (χ0n) is 8.75. The van der Waals surface area contributed by atoms with Gasteiger partial charge in [-0.25, -0.2) is 0 Å². The Bertz CT molecular complexity index is 390. The van der Waals surface area contributed by atoms with Gasteiger partial charge in [0.15, 0.2) is 0 Å². The molecule has 15 heavy (non-hydrogen) atoms. The maximum atomic E-state index is 11.0. The number of halogens is 1. The number of carbonyl (C=O) groups is 1. The third-order valence-electron chi connectivity index (χ3n) is 2.34. The van der Waals surface area contributed by atoms with Gasteiger partial charge in [0.05, 0.1) is 5.92 Å². The summed E-state index contributed by atoms with van der Waals surface area (Å²) in [6.45, 7) is 3.81. The molecule has 0 fully saturated rings. The van der Waals surface area contributed by atoms with Crippen LogP contribution >= 0.6 is 11.6 Å². The molecule has 1 aromatic carbocycles. The summed E-state index contributed by atoms with van der Waals surface area (Å²) in [4.78, 5) is 11.0. The highest BCUT2D eigenvalue weighted by Gasteiger charge is 2.21. The van der Waals surface area contributed by atoms with Crippen molar-refractivity contribution in [2.24, 2.45) is 5.73 Å². The number of carboxylic acid groups (broad SMARTS) is 1. The minimum absolute atomic E-state index is 0.0535. The van der Waals surface area contributed by atoms with Gasteiger partial charge >= 0.3 is 5.97 Å². The van der Waals surface area contributed by atoms with Crippen LogP contribution in [0.4, 0.5) is 0 Å². The van der Waals surface area contributed by atoms with Gasteiger partial charge in [-0.15, -0.1) is 0 Å². The highest BCUT2D eigenvalue weighted by atomic mass is 35.5. The van der Waals surface area contributed by atoms with Crippen molar-refractivity contribution in [1.29, 1.82) is 0 Å². The van der Waals surface area contributed by atoms with Crippen molar-refractivity contribution in [3.05, 3.63) is 33.8 Å². The van der Waals surface area contributed by atoms with E-state index < -0.39 is 11.9 Å².